The SMILES string of the molecule is N#Cc1c(F)cccc1OC1CC2CCC(C1)N2. The average Bonchev–Trinajstić information content (AvgIpc) is 2.69. The van der Waals surface area contributed by atoms with Crippen molar-refractivity contribution in [3.05, 3.63) is 29.6 Å². The summed E-state index contributed by atoms with van der Waals surface area (Å²) in [4.78, 5) is 0. The van der Waals surface area contributed by atoms with Crippen LogP contribution in [0.1, 0.15) is 31.2 Å². The van der Waals surface area contributed by atoms with Crippen molar-refractivity contribution in [1.29, 1.82) is 5.26 Å². The highest BCUT2D eigenvalue weighted by atomic mass is 19.1. The van der Waals surface area contributed by atoms with Gasteiger partial charge in [-0.3, -0.25) is 0 Å². The third-order valence-corrected chi connectivity index (χ3v) is 3.81. The van der Waals surface area contributed by atoms with Crippen LogP contribution < -0.4 is 10.1 Å². The summed E-state index contributed by atoms with van der Waals surface area (Å²) in [6, 6.07) is 7.46. The summed E-state index contributed by atoms with van der Waals surface area (Å²) in [5.74, 6) is -0.129. The Hall–Kier alpha value is -1.60. The molecule has 94 valence electrons. The summed E-state index contributed by atoms with van der Waals surface area (Å²) in [6.07, 6.45) is 4.37. The molecule has 3 rings (SSSR count). The van der Waals surface area contributed by atoms with Crippen molar-refractivity contribution < 1.29 is 9.13 Å². The van der Waals surface area contributed by atoms with E-state index in [-0.39, 0.29) is 11.7 Å². The molecule has 2 aliphatic rings. The van der Waals surface area contributed by atoms with Crippen molar-refractivity contribution in [2.45, 2.75) is 43.9 Å². The highest BCUT2D eigenvalue weighted by Gasteiger charge is 2.34. The van der Waals surface area contributed by atoms with Crippen LogP contribution in [0, 0.1) is 17.1 Å². The van der Waals surface area contributed by atoms with E-state index in [4.69, 9.17) is 10.00 Å². The maximum absolute atomic E-state index is 13.5. The third kappa shape index (κ3) is 2.06. The Morgan fingerprint density at radius 2 is 2.00 bits per heavy atom. The van der Waals surface area contributed by atoms with Crippen LogP contribution in [0.5, 0.6) is 5.75 Å². The van der Waals surface area contributed by atoms with Crippen LogP contribution in [-0.2, 0) is 0 Å². The summed E-state index contributed by atoms with van der Waals surface area (Å²) < 4.78 is 19.3. The maximum Gasteiger partial charge on any atom is 0.144 e. The maximum atomic E-state index is 13.5. The number of piperidine rings is 1. The van der Waals surface area contributed by atoms with Gasteiger partial charge in [0.15, 0.2) is 0 Å². The number of hydrogen-bond donors (Lipinski definition) is 1. The van der Waals surface area contributed by atoms with Gasteiger partial charge in [0.2, 0.25) is 0 Å². The number of nitrogens with one attached hydrogen (secondary N) is 1. The molecular formula is C14H15FN2O. The molecule has 1 aromatic rings. The van der Waals surface area contributed by atoms with Gasteiger partial charge in [0.05, 0.1) is 0 Å². The summed E-state index contributed by atoms with van der Waals surface area (Å²) in [6.45, 7) is 0. The first-order chi connectivity index (χ1) is 8.76. The molecule has 2 fully saturated rings. The molecule has 2 aliphatic heterocycles. The molecule has 4 heteroatoms. The molecule has 0 aliphatic carbocycles. The van der Waals surface area contributed by atoms with Gasteiger partial charge >= 0.3 is 0 Å². The molecule has 1 aromatic carbocycles. The quantitative estimate of drug-likeness (QED) is 0.871. The molecule has 2 heterocycles. The lowest BCUT2D eigenvalue weighted by Gasteiger charge is -2.29. The van der Waals surface area contributed by atoms with E-state index < -0.39 is 5.82 Å². The molecule has 2 bridgehead atoms. The van der Waals surface area contributed by atoms with Crippen LogP contribution in [0.25, 0.3) is 0 Å². The van der Waals surface area contributed by atoms with E-state index >= 15 is 0 Å². The Kier molecular flexibility index (Phi) is 2.92. The Bertz CT molecular complexity index is 485. The highest BCUT2D eigenvalue weighted by Crippen LogP contribution is 2.31. The molecule has 0 saturated carbocycles. The van der Waals surface area contributed by atoms with E-state index in [1.165, 1.54) is 18.9 Å². The molecule has 18 heavy (non-hydrogen) atoms. The van der Waals surface area contributed by atoms with E-state index in [1.807, 2.05) is 6.07 Å². The standard InChI is InChI=1S/C14H15FN2O/c15-13-2-1-3-14(12(13)8-16)18-11-6-9-4-5-10(7-11)17-9/h1-3,9-11,17H,4-7H2. The lowest BCUT2D eigenvalue weighted by atomic mass is 10.0. The number of rotatable bonds is 2. The van der Waals surface area contributed by atoms with Crippen LogP contribution in [0.15, 0.2) is 18.2 Å². The molecule has 3 nitrogen and oxygen atoms in total. The van der Waals surface area contributed by atoms with Gasteiger partial charge in [-0.1, -0.05) is 6.07 Å². The molecule has 0 amide bonds. The van der Waals surface area contributed by atoms with E-state index in [0.717, 1.165) is 12.8 Å². The molecular weight excluding hydrogens is 231 g/mol. The fraction of sp³-hybridized carbons (Fsp3) is 0.500. The molecule has 0 spiro atoms. The number of fused-ring (bicyclic) bond motifs is 2. The number of nitriles is 1. The third-order valence-electron chi connectivity index (χ3n) is 3.81. The number of ether oxygens (including phenoxy) is 1. The minimum atomic E-state index is -0.507. The Balaban J connectivity index is 1.77. The minimum absolute atomic E-state index is 0.0170. The first kappa shape index (κ1) is 11.5. The monoisotopic (exact) mass is 246 g/mol. The minimum Gasteiger partial charge on any atom is -0.489 e. The van der Waals surface area contributed by atoms with Gasteiger partial charge in [0.25, 0.3) is 0 Å². The Morgan fingerprint density at radius 3 is 2.67 bits per heavy atom. The predicted molar refractivity (Wildman–Crippen MR) is 64.7 cm³/mol. The zero-order valence-electron chi connectivity index (χ0n) is 10.0. The van der Waals surface area contributed by atoms with Crippen molar-refractivity contribution in [3.8, 4) is 11.8 Å². The zero-order valence-corrected chi connectivity index (χ0v) is 10.0. The summed E-state index contributed by atoms with van der Waals surface area (Å²) in [5.41, 5.74) is 0.0170. The Morgan fingerprint density at radius 1 is 1.28 bits per heavy atom. The predicted octanol–water partition coefficient (Wildman–Crippen LogP) is 2.36. The first-order valence-corrected chi connectivity index (χ1v) is 6.37. The van der Waals surface area contributed by atoms with Crippen molar-refractivity contribution >= 4 is 0 Å². The van der Waals surface area contributed by atoms with Gasteiger partial charge in [0.1, 0.15) is 29.3 Å². The lowest BCUT2D eigenvalue weighted by molar-refractivity contribution is 0.136. The van der Waals surface area contributed by atoms with Gasteiger partial charge in [-0.05, 0) is 37.8 Å². The Labute approximate surface area is 106 Å². The van der Waals surface area contributed by atoms with E-state index in [1.54, 1.807) is 12.1 Å². The summed E-state index contributed by atoms with van der Waals surface area (Å²) >= 11 is 0. The number of hydrogen-bond acceptors (Lipinski definition) is 3. The normalized spacial score (nSPS) is 29.9. The fourth-order valence-corrected chi connectivity index (χ4v) is 2.99. The highest BCUT2D eigenvalue weighted by molar-refractivity contribution is 5.43. The van der Waals surface area contributed by atoms with Gasteiger partial charge in [-0.25, -0.2) is 4.39 Å². The van der Waals surface area contributed by atoms with Crippen LogP contribution in [0.3, 0.4) is 0 Å². The van der Waals surface area contributed by atoms with Crippen molar-refractivity contribution in [2.75, 3.05) is 0 Å². The zero-order chi connectivity index (χ0) is 12.5. The second kappa shape index (κ2) is 4.58. The molecule has 1 N–H and O–H groups in total. The van der Waals surface area contributed by atoms with E-state index in [2.05, 4.69) is 5.32 Å². The van der Waals surface area contributed by atoms with Crippen LogP contribution in [0.2, 0.25) is 0 Å². The smallest absolute Gasteiger partial charge is 0.144 e. The van der Waals surface area contributed by atoms with E-state index in [9.17, 15) is 4.39 Å². The van der Waals surface area contributed by atoms with Gasteiger partial charge in [0, 0.05) is 12.1 Å². The molecule has 0 aromatic heterocycles. The molecule has 0 radical (unpaired) electrons. The van der Waals surface area contributed by atoms with Gasteiger partial charge < -0.3 is 10.1 Å². The molecule has 2 atom stereocenters. The number of nitrogens with zero attached hydrogens (tertiary/aromatic N) is 1. The number of benzene rings is 1. The average molecular weight is 246 g/mol. The van der Waals surface area contributed by atoms with Gasteiger partial charge in [-0.15, -0.1) is 0 Å². The van der Waals surface area contributed by atoms with Gasteiger partial charge in [-0.2, -0.15) is 5.26 Å². The first-order valence-electron chi connectivity index (χ1n) is 6.37. The summed E-state index contributed by atoms with van der Waals surface area (Å²) in [7, 11) is 0. The fourth-order valence-electron chi connectivity index (χ4n) is 2.99. The van der Waals surface area contributed by atoms with Crippen LogP contribution >= 0.6 is 0 Å². The molecule has 2 unspecified atom stereocenters. The second-order valence-corrected chi connectivity index (χ2v) is 5.07. The van der Waals surface area contributed by atoms with Crippen LogP contribution in [-0.4, -0.2) is 18.2 Å². The summed E-state index contributed by atoms with van der Waals surface area (Å²) in [5, 5.41) is 12.5. The topological polar surface area (TPSA) is 45.0 Å². The van der Waals surface area contributed by atoms with E-state index in [0.29, 0.717) is 17.8 Å². The van der Waals surface area contributed by atoms with Crippen molar-refractivity contribution in [2.24, 2.45) is 0 Å². The van der Waals surface area contributed by atoms with Crippen molar-refractivity contribution in [1.82, 2.24) is 5.32 Å². The van der Waals surface area contributed by atoms with Crippen molar-refractivity contribution in [3.63, 3.8) is 0 Å². The lowest BCUT2D eigenvalue weighted by Crippen LogP contribution is -2.42. The second-order valence-electron chi connectivity index (χ2n) is 5.07. The van der Waals surface area contributed by atoms with Crippen LogP contribution in [0.4, 0.5) is 4.39 Å². The molecule has 2 saturated heterocycles. The number of halogens is 1. The largest absolute Gasteiger partial charge is 0.489 e.